The molecule has 2 aromatic rings. The number of hydrogen-bond donors (Lipinski definition) is 2. The molecule has 1 amide bonds. The van der Waals surface area contributed by atoms with Crippen LogP contribution in [0.4, 0.5) is 0 Å². The molecule has 0 aliphatic carbocycles. The Kier molecular flexibility index (Phi) is 5.80. The first kappa shape index (κ1) is 17.5. The fourth-order valence-electron chi connectivity index (χ4n) is 2.12. The number of rotatable bonds is 6. The van der Waals surface area contributed by atoms with Crippen LogP contribution in [0.5, 0.6) is 5.75 Å². The number of carbonyl (C=O) groups excluding carboxylic acids is 1. The molecule has 0 aliphatic rings. The number of amides is 1. The van der Waals surface area contributed by atoms with E-state index in [4.69, 9.17) is 10.5 Å². The number of nitrogens with one attached hydrogen (secondary N) is 1. The van der Waals surface area contributed by atoms with Gasteiger partial charge in [-0.05, 0) is 43.7 Å². The molecule has 0 radical (unpaired) electrons. The smallest absolute Gasteiger partial charge is 0.244 e. The second kappa shape index (κ2) is 7.62. The van der Waals surface area contributed by atoms with Crippen molar-refractivity contribution in [2.45, 2.75) is 25.5 Å². The van der Waals surface area contributed by atoms with Crippen LogP contribution in [0.25, 0.3) is 0 Å². The van der Waals surface area contributed by atoms with Gasteiger partial charge in [0.25, 0.3) is 0 Å². The summed E-state index contributed by atoms with van der Waals surface area (Å²) in [6.07, 6.45) is -0.151. The van der Waals surface area contributed by atoms with Crippen molar-refractivity contribution in [1.82, 2.24) is 5.32 Å². The first-order valence-electron chi connectivity index (χ1n) is 7.44. The largest absolute Gasteiger partial charge is 0.489 e. The van der Waals surface area contributed by atoms with Crippen LogP contribution in [-0.2, 0) is 10.3 Å². The molecule has 23 heavy (non-hydrogen) atoms. The Labute approximate surface area is 145 Å². The van der Waals surface area contributed by atoms with Crippen molar-refractivity contribution >= 4 is 21.8 Å². The van der Waals surface area contributed by atoms with E-state index in [1.165, 1.54) is 0 Å². The molecule has 122 valence electrons. The lowest BCUT2D eigenvalue weighted by molar-refractivity contribution is -0.126. The van der Waals surface area contributed by atoms with Crippen molar-refractivity contribution in [3.63, 3.8) is 0 Å². The van der Waals surface area contributed by atoms with Crippen molar-refractivity contribution in [2.24, 2.45) is 5.73 Å². The topological polar surface area (TPSA) is 64.4 Å². The molecule has 2 atom stereocenters. The maximum Gasteiger partial charge on any atom is 0.244 e. The van der Waals surface area contributed by atoms with Crippen molar-refractivity contribution in [3.8, 4) is 5.75 Å². The summed E-state index contributed by atoms with van der Waals surface area (Å²) in [5, 5.41) is 2.86. The van der Waals surface area contributed by atoms with Gasteiger partial charge in [-0.3, -0.25) is 4.79 Å². The molecule has 0 heterocycles. The van der Waals surface area contributed by atoms with Crippen LogP contribution in [0.1, 0.15) is 19.4 Å². The number of hydrogen-bond acceptors (Lipinski definition) is 3. The van der Waals surface area contributed by atoms with Crippen LogP contribution >= 0.6 is 15.9 Å². The fourth-order valence-corrected chi connectivity index (χ4v) is 2.38. The molecule has 0 aliphatic heterocycles. The number of para-hydroxylation sites is 1. The first-order valence-corrected chi connectivity index (χ1v) is 8.24. The predicted octanol–water partition coefficient (Wildman–Crippen LogP) is 3.21. The Balaban J connectivity index is 1.91. The number of halogens is 1. The van der Waals surface area contributed by atoms with Gasteiger partial charge in [-0.1, -0.05) is 46.3 Å². The minimum Gasteiger partial charge on any atom is -0.489 e. The first-order chi connectivity index (χ1) is 10.9. The van der Waals surface area contributed by atoms with E-state index < -0.39 is 5.54 Å². The van der Waals surface area contributed by atoms with Gasteiger partial charge in [0, 0.05) is 4.47 Å². The van der Waals surface area contributed by atoms with Crippen molar-refractivity contribution in [2.75, 3.05) is 6.54 Å². The van der Waals surface area contributed by atoms with E-state index in [2.05, 4.69) is 21.2 Å². The minimum absolute atomic E-state index is 0.151. The van der Waals surface area contributed by atoms with Crippen molar-refractivity contribution < 1.29 is 9.53 Å². The van der Waals surface area contributed by atoms with E-state index >= 15 is 0 Å². The minimum atomic E-state index is -1.09. The SMILES string of the molecule is CC(CNC(=O)C(C)(N)c1ccc(Br)cc1)Oc1ccccc1. The molecule has 0 saturated carbocycles. The molecule has 0 aromatic heterocycles. The maximum atomic E-state index is 12.4. The zero-order valence-corrected chi connectivity index (χ0v) is 14.8. The van der Waals surface area contributed by atoms with Gasteiger partial charge in [-0.25, -0.2) is 0 Å². The molecule has 2 rings (SSSR count). The highest BCUT2D eigenvalue weighted by molar-refractivity contribution is 9.10. The molecular weight excluding hydrogens is 356 g/mol. The molecule has 0 saturated heterocycles. The van der Waals surface area contributed by atoms with E-state index in [1.54, 1.807) is 6.92 Å². The van der Waals surface area contributed by atoms with Gasteiger partial charge in [0.1, 0.15) is 17.4 Å². The Bertz CT molecular complexity index is 642. The average Bonchev–Trinajstić information content (AvgIpc) is 2.54. The van der Waals surface area contributed by atoms with Crippen molar-refractivity contribution in [3.05, 3.63) is 64.6 Å². The lowest BCUT2D eigenvalue weighted by atomic mass is 9.92. The van der Waals surface area contributed by atoms with E-state index in [0.717, 1.165) is 15.8 Å². The summed E-state index contributed by atoms with van der Waals surface area (Å²) in [7, 11) is 0. The normalized spacial score (nSPS) is 14.6. The quantitative estimate of drug-likeness (QED) is 0.813. The second-order valence-corrected chi connectivity index (χ2v) is 6.58. The van der Waals surface area contributed by atoms with Crippen molar-refractivity contribution in [1.29, 1.82) is 0 Å². The summed E-state index contributed by atoms with van der Waals surface area (Å²) in [5.74, 6) is 0.543. The molecule has 2 unspecified atom stereocenters. The summed E-state index contributed by atoms with van der Waals surface area (Å²) in [6, 6.07) is 16.9. The van der Waals surface area contributed by atoms with E-state index in [0.29, 0.717) is 6.54 Å². The number of ether oxygens (including phenoxy) is 1. The summed E-state index contributed by atoms with van der Waals surface area (Å²) in [6.45, 7) is 3.99. The number of benzene rings is 2. The number of nitrogens with two attached hydrogens (primary N) is 1. The molecule has 3 N–H and O–H groups in total. The van der Waals surface area contributed by atoms with Gasteiger partial charge >= 0.3 is 0 Å². The molecule has 5 heteroatoms. The van der Waals surface area contributed by atoms with Crippen LogP contribution in [0, 0.1) is 0 Å². The molecular formula is C18H21BrN2O2. The van der Waals surface area contributed by atoms with Gasteiger partial charge in [-0.2, -0.15) is 0 Å². The van der Waals surface area contributed by atoms with Gasteiger partial charge in [0.2, 0.25) is 5.91 Å². The number of carbonyl (C=O) groups is 1. The van der Waals surface area contributed by atoms with Crippen LogP contribution in [-0.4, -0.2) is 18.6 Å². The van der Waals surface area contributed by atoms with Gasteiger partial charge < -0.3 is 15.8 Å². The average molecular weight is 377 g/mol. The van der Waals surface area contributed by atoms with E-state index in [9.17, 15) is 4.79 Å². The molecule has 4 nitrogen and oxygen atoms in total. The lowest BCUT2D eigenvalue weighted by Crippen LogP contribution is -2.50. The Morgan fingerprint density at radius 1 is 1.22 bits per heavy atom. The third kappa shape index (κ3) is 4.81. The van der Waals surface area contributed by atoms with Crippen LogP contribution in [0.15, 0.2) is 59.1 Å². The van der Waals surface area contributed by atoms with Crippen LogP contribution < -0.4 is 15.8 Å². The van der Waals surface area contributed by atoms with Gasteiger partial charge in [0.15, 0.2) is 0 Å². The van der Waals surface area contributed by atoms with Crippen LogP contribution in [0.2, 0.25) is 0 Å². The molecule has 2 aromatic carbocycles. The molecule has 0 bridgehead atoms. The third-order valence-electron chi connectivity index (χ3n) is 3.55. The lowest BCUT2D eigenvalue weighted by Gasteiger charge is -2.25. The summed E-state index contributed by atoms with van der Waals surface area (Å²) in [5.41, 5.74) is 5.87. The Morgan fingerprint density at radius 3 is 2.43 bits per heavy atom. The highest BCUT2D eigenvalue weighted by atomic mass is 79.9. The summed E-state index contributed by atoms with van der Waals surface area (Å²) >= 11 is 3.37. The fraction of sp³-hybridized carbons (Fsp3) is 0.278. The van der Waals surface area contributed by atoms with Gasteiger partial charge in [0.05, 0.1) is 6.54 Å². The van der Waals surface area contributed by atoms with Crippen LogP contribution in [0.3, 0.4) is 0 Å². The van der Waals surface area contributed by atoms with E-state index in [-0.39, 0.29) is 12.0 Å². The maximum absolute atomic E-state index is 12.4. The third-order valence-corrected chi connectivity index (χ3v) is 4.07. The molecule has 0 fully saturated rings. The van der Waals surface area contributed by atoms with Gasteiger partial charge in [-0.15, -0.1) is 0 Å². The summed E-state index contributed by atoms with van der Waals surface area (Å²) < 4.78 is 6.68. The Morgan fingerprint density at radius 2 is 1.83 bits per heavy atom. The molecule has 0 spiro atoms. The zero-order valence-electron chi connectivity index (χ0n) is 13.3. The standard InChI is InChI=1S/C18H21BrN2O2/c1-13(23-16-6-4-3-5-7-16)12-21-17(22)18(2,20)14-8-10-15(19)11-9-14/h3-11,13H,12,20H2,1-2H3,(H,21,22). The second-order valence-electron chi connectivity index (χ2n) is 5.66. The highest BCUT2D eigenvalue weighted by Gasteiger charge is 2.30. The highest BCUT2D eigenvalue weighted by Crippen LogP contribution is 2.20. The zero-order chi connectivity index (χ0) is 16.9. The summed E-state index contributed by atoms with van der Waals surface area (Å²) in [4.78, 5) is 12.4. The van der Waals surface area contributed by atoms with E-state index in [1.807, 2.05) is 61.5 Å². The monoisotopic (exact) mass is 376 g/mol. The Hall–Kier alpha value is -1.85. The predicted molar refractivity (Wildman–Crippen MR) is 95.2 cm³/mol.